The molecule has 0 aliphatic rings. The predicted octanol–water partition coefficient (Wildman–Crippen LogP) is 2.71. The van der Waals surface area contributed by atoms with Crippen molar-refractivity contribution in [2.45, 2.75) is 39.2 Å². The largest absolute Gasteiger partial charge is 0.504 e. The zero-order valence-electron chi connectivity index (χ0n) is 12.9. The highest BCUT2D eigenvalue weighted by atomic mass is 32.1. The summed E-state index contributed by atoms with van der Waals surface area (Å²) in [6, 6.07) is 4.47. The SMILES string of the molecule is CC(C)(C)c1nc(CC(=O)NCc2ccc(O)c(O)c2)cs1. The van der Waals surface area contributed by atoms with Gasteiger partial charge in [0.1, 0.15) is 0 Å². The van der Waals surface area contributed by atoms with E-state index >= 15 is 0 Å². The van der Waals surface area contributed by atoms with Crippen molar-refractivity contribution in [2.24, 2.45) is 0 Å². The van der Waals surface area contributed by atoms with Crippen molar-refractivity contribution in [1.82, 2.24) is 10.3 Å². The van der Waals surface area contributed by atoms with Crippen LogP contribution in [-0.2, 0) is 23.2 Å². The molecule has 1 amide bonds. The van der Waals surface area contributed by atoms with Gasteiger partial charge in [-0.05, 0) is 17.7 Å². The predicted molar refractivity (Wildman–Crippen MR) is 86.1 cm³/mol. The van der Waals surface area contributed by atoms with Crippen molar-refractivity contribution in [2.75, 3.05) is 0 Å². The van der Waals surface area contributed by atoms with Crippen molar-refractivity contribution in [3.05, 3.63) is 39.8 Å². The summed E-state index contributed by atoms with van der Waals surface area (Å²) in [7, 11) is 0. The van der Waals surface area contributed by atoms with Gasteiger partial charge in [-0.3, -0.25) is 4.79 Å². The van der Waals surface area contributed by atoms with Crippen molar-refractivity contribution < 1.29 is 15.0 Å². The molecule has 0 spiro atoms. The van der Waals surface area contributed by atoms with E-state index in [4.69, 9.17) is 0 Å². The normalized spacial score (nSPS) is 11.4. The van der Waals surface area contributed by atoms with Crippen LogP contribution in [-0.4, -0.2) is 21.1 Å². The number of carbonyl (C=O) groups excluding carboxylic acids is 1. The van der Waals surface area contributed by atoms with Gasteiger partial charge < -0.3 is 15.5 Å². The number of phenolic OH excluding ortho intramolecular Hbond substituents is 2. The third-order valence-electron chi connectivity index (χ3n) is 3.06. The molecular weight excluding hydrogens is 300 g/mol. The minimum Gasteiger partial charge on any atom is -0.504 e. The lowest BCUT2D eigenvalue weighted by atomic mass is 9.98. The van der Waals surface area contributed by atoms with E-state index in [9.17, 15) is 15.0 Å². The number of carbonyl (C=O) groups is 1. The minimum absolute atomic E-state index is 0.0110. The maximum atomic E-state index is 11.9. The van der Waals surface area contributed by atoms with Crippen LogP contribution in [0.2, 0.25) is 0 Å². The van der Waals surface area contributed by atoms with Crippen molar-refractivity contribution in [3.8, 4) is 11.5 Å². The van der Waals surface area contributed by atoms with Gasteiger partial charge in [-0.1, -0.05) is 26.8 Å². The van der Waals surface area contributed by atoms with Gasteiger partial charge in [0.25, 0.3) is 0 Å². The molecule has 1 aromatic heterocycles. The van der Waals surface area contributed by atoms with Crippen LogP contribution in [0.5, 0.6) is 11.5 Å². The fraction of sp³-hybridized carbons (Fsp3) is 0.375. The van der Waals surface area contributed by atoms with Crippen molar-refractivity contribution >= 4 is 17.2 Å². The molecule has 0 atom stereocenters. The summed E-state index contributed by atoms with van der Waals surface area (Å²) in [6.45, 7) is 6.57. The smallest absolute Gasteiger partial charge is 0.226 e. The summed E-state index contributed by atoms with van der Waals surface area (Å²) in [5, 5.41) is 24.3. The highest BCUT2D eigenvalue weighted by Gasteiger charge is 2.18. The summed E-state index contributed by atoms with van der Waals surface area (Å²) in [6.07, 6.45) is 0.233. The Balaban J connectivity index is 1.90. The van der Waals surface area contributed by atoms with E-state index < -0.39 is 0 Å². The summed E-state index contributed by atoms with van der Waals surface area (Å²) >= 11 is 1.56. The average Bonchev–Trinajstić information content (AvgIpc) is 2.88. The van der Waals surface area contributed by atoms with Gasteiger partial charge in [-0.2, -0.15) is 0 Å². The fourth-order valence-electron chi connectivity index (χ4n) is 1.84. The number of nitrogens with one attached hydrogen (secondary N) is 1. The first-order valence-corrected chi connectivity index (χ1v) is 7.86. The van der Waals surface area contributed by atoms with Crippen LogP contribution in [0, 0.1) is 0 Å². The summed E-state index contributed by atoms with van der Waals surface area (Å²) in [4.78, 5) is 16.4. The van der Waals surface area contributed by atoms with Crippen LogP contribution < -0.4 is 5.32 Å². The minimum atomic E-state index is -0.193. The van der Waals surface area contributed by atoms with Gasteiger partial charge in [0.2, 0.25) is 5.91 Å². The molecule has 118 valence electrons. The zero-order chi connectivity index (χ0) is 16.3. The van der Waals surface area contributed by atoms with Gasteiger partial charge in [-0.15, -0.1) is 11.3 Å². The van der Waals surface area contributed by atoms with E-state index in [0.29, 0.717) is 6.54 Å². The van der Waals surface area contributed by atoms with E-state index in [1.807, 2.05) is 5.38 Å². The van der Waals surface area contributed by atoms with E-state index in [1.54, 1.807) is 17.4 Å². The first-order chi connectivity index (χ1) is 10.3. The highest BCUT2D eigenvalue weighted by Crippen LogP contribution is 2.26. The lowest BCUT2D eigenvalue weighted by molar-refractivity contribution is -0.120. The molecule has 0 saturated heterocycles. The van der Waals surface area contributed by atoms with Crippen LogP contribution >= 0.6 is 11.3 Å². The van der Waals surface area contributed by atoms with Gasteiger partial charge in [0.15, 0.2) is 11.5 Å². The number of benzene rings is 1. The standard InChI is InChI=1S/C16H20N2O3S/c1-16(2,3)15-18-11(9-22-15)7-14(21)17-8-10-4-5-12(19)13(20)6-10/h4-6,9,19-20H,7-8H2,1-3H3,(H,17,21). The number of hydrogen-bond donors (Lipinski definition) is 3. The van der Waals surface area contributed by atoms with Gasteiger partial charge >= 0.3 is 0 Å². The topological polar surface area (TPSA) is 82.5 Å². The number of thiazole rings is 1. The number of rotatable bonds is 4. The van der Waals surface area contributed by atoms with E-state index in [2.05, 4.69) is 31.1 Å². The maximum absolute atomic E-state index is 11.9. The van der Waals surface area contributed by atoms with Gasteiger partial charge in [0, 0.05) is 17.3 Å². The summed E-state index contributed by atoms with van der Waals surface area (Å²) in [5.41, 5.74) is 1.47. The number of phenols is 2. The Morgan fingerprint density at radius 1 is 1.27 bits per heavy atom. The van der Waals surface area contributed by atoms with Crippen LogP contribution in [0.3, 0.4) is 0 Å². The molecule has 0 radical (unpaired) electrons. The molecule has 1 heterocycles. The molecule has 2 aromatic rings. The molecule has 0 bridgehead atoms. The third kappa shape index (κ3) is 4.21. The second-order valence-electron chi connectivity index (χ2n) is 6.17. The fourth-order valence-corrected chi connectivity index (χ4v) is 2.75. The molecule has 1 aromatic carbocycles. The molecule has 0 saturated carbocycles. The van der Waals surface area contributed by atoms with E-state index in [-0.39, 0.29) is 29.2 Å². The molecule has 22 heavy (non-hydrogen) atoms. The monoisotopic (exact) mass is 320 g/mol. The first-order valence-electron chi connectivity index (χ1n) is 6.98. The average molecular weight is 320 g/mol. The van der Waals surface area contributed by atoms with E-state index in [1.165, 1.54) is 12.1 Å². The van der Waals surface area contributed by atoms with Crippen LogP contribution in [0.25, 0.3) is 0 Å². The zero-order valence-corrected chi connectivity index (χ0v) is 13.7. The summed E-state index contributed by atoms with van der Waals surface area (Å²) in [5.74, 6) is -0.494. The van der Waals surface area contributed by atoms with Crippen molar-refractivity contribution in [3.63, 3.8) is 0 Å². The van der Waals surface area contributed by atoms with Gasteiger partial charge in [0.05, 0.1) is 17.1 Å². The number of nitrogens with zero attached hydrogens (tertiary/aromatic N) is 1. The molecule has 0 unspecified atom stereocenters. The molecule has 0 aliphatic carbocycles. The quantitative estimate of drug-likeness (QED) is 0.757. The Labute approximate surface area is 133 Å². The van der Waals surface area contributed by atoms with Crippen LogP contribution in [0.1, 0.15) is 37.0 Å². The number of aromatic hydroxyl groups is 2. The second kappa shape index (κ2) is 6.36. The number of amides is 1. The Morgan fingerprint density at radius 3 is 2.59 bits per heavy atom. The Kier molecular flexibility index (Phi) is 4.71. The Morgan fingerprint density at radius 2 is 2.00 bits per heavy atom. The first kappa shape index (κ1) is 16.3. The second-order valence-corrected chi connectivity index (χ2v) is 7.03. The molecule has 0 fully saturated rings. The number of hydrogen-bond acceptors (Lipinski definition) is 5. The number of aromatic nitrogens is 1. The molecule has 6 heteroatoms. The lowest BCUT2D eigenvalue weighted by Gasteiger charge is -2.13. The molecule has 0 aliphatic heterocycles. The molecular formula is C16H20N2O3S. The maximum Gasteiger partial charge on any atom is 0.226 e. The Bertz CT molecular complexity index is 674. The molecule has 3 N–H and O–H groups in total. The molecule has 2 rings (SSSR count). The molecule has 5 nitrogen and oxygen atoms in total. The third-order valence-corrected chi connectivity index (χ3v) is 4.38. The summed E-state index contributed by atoms with van der Waals surface area (Å²) < 4.78 is 0. The Hall–Kier alpha value is -2.08. The van der Waals surface area contributed by atoms with Crippen molar-refractivity contribution in [1.29, 1.82) is 0 Å². The van der Waals surface area contributed by atoms with Crippen LogP contribution in [0.4, 0.5) is 0 Å². The van der Waals surface area contributed by atoms with E-state index in [0.717, 1.165) is 16.3 Å². The van der Waals surface area contributed by atoms with Gasteiger partial charge in [-0.25, -0.2) is 4.98 Å². The highest BCUT2D eigenvalue weighted by molar-refractivity contribution is 7.09. The lowest BCUT2D eigenvalue weighted by Crippen LogP contribution is -2.24. The van der Waals surface area contributed by atoms with Crippen LogP contribution in [0.15, 0.2) is 23.6 Å².